The van der Waals surface area contributed by atoms with Crippen molar-refractivity contribution in [2.45, 2.75) is 45.4 Å². The average Bonchev–Trinajstić information content (AvgIpc) is 2.89. The highest BCUT2D eigenvalue weighted by Gasteiger charge is 2.45. The van der Waals surface area contributed by atoms with Crippen LogP contribution in [-0.2, 0) is 5.41 Å². The van der Waals surface area contributed by atoms with Crippen molar-refractivity contribution < 1.29 is 35.4 Å². The number of phenols is 4. The fraction of sp³-hybridized carbons (Fsp3) is 0.265. The molecule has 5 rings (SSSR count). The highest BCUT2D eigenvalue weighted by atomic mass is 16.6. The molecule has 0 spiro atoms. The van der Waals surface area contributed by atoms with Crippen LogP contribution in [0.4, 0.5) is 4.79 Å². The van der Waals surface area contributed by atoms with Crippen molar-refractivity contribution in [2.75, 3.05) is 0 Å². The van der Waals surface area contributed by atoms with Crippen LogP contribution in [0.2, 0.25) is 0 Å². The molecule has 0 amide bonds. The Morgan fingerprint density at radius 3 is 1.17 bits per heavy atom. The Bertz CT molecular complexity index is 1220. The molecule has 1 aliphatic rings. The van der Waals surface area contributed by atoms with Gasteiger partial charge in [-0.05, 0) is 90.3 Å². The number of phenolic OH excluding ortho intramolecular Hbond substituents is 4. The monoisotopic (exact) mass is 560 g/mol. The molecule has 6 N–H and O–H groups in total. The third-order valence-corrected chi connectivity index (χ3v) is 6.73. The van der Waals surface area contributed by atoms with Gasteiger partial charge in [-0.15, -0.1) is 0 Å². The predicted octanol–water partition coefficient (Wildman–Crippen LogP) is 8.24. The first-order valence-corrected chi connectivity index (χ1v) is 13.3. The number of carbonyl (C=O) groups is 1. The Morgan fingerprint density at radius 1 is 0.585 bits per heavy atom. The molecule has 1 saturated carbocycles. The van der Waals surface area contributed by atoms with Gasteiger partial charge in [0.15, 0.2) is 0 Å². The molecule has 41 heavy (non-hydrogen) atoms. The molecule has 0 saturated heterocycles. The number of aromatic hydroxyl groups is 4. The lowest BCUT2D eigenvalue weighted by Gasteiger charge is -2.48. The van der Waals surface area contributed by atoms with Crippen LogP contribution in [0.15, 0.2) is 109 Å². The first-order valence-electron chi connectivity index (χ1n) is 13.3. The van der Waals surface area contributed by atoms with Gasteiger partial charge in [0.1, 0.15) is 23.0 Å². The smallest absolute Gasteiger partial charge is 0.503 e. The molecular weight excluding hydrogens is 520 g/mol. The molecule has 1 fully saturated rings. The Kier molecular flexibility index (Phi) is 12.1. The van der Waals surface area contributed by atoms with Crippen LogP contribution in [0.5, 0.6) is 23.0 Å². The summed E-state index contributed by atoms with van der Waals surface area (Å²) in [5.41, 5.74) is 2.69. The minimum Gasteiger partial charge on any atom is -0.508 e. The highest BCUT2D eigenvalue weighted by molar-refractivity contribution is 5.53. The minimum atomic E-state index is -1.83. The Hall–Kier alpha value is -4.65. The molecule has 7 heteroatoms. The zero-order valence-electron chi connectivity index (χ0n) is 23.7. The standard InChI is InChI=1S/C21H26O2.2C6H6O.CH2O3/c1-15-12-20(2,3)14-21(13-15,16-4-8-18(22)9-5-16)17-6-10-19(23)11-7-17;2*7-6-4-2-1-3-5-6;2-1(3)4/h4-11,15,22-23H,12-14H2,1-3H3;2*1-5,7H;(H2,2,3,4). The van der Waals surface area contributed by atoms with Gasteiger partial charge >= 0.3 is 6.16 Å². The van der Waals surface area contributed by atoms with E-state index in [0.29, 0.717) is 28.9 Å². The Morgan fingerprint density at radius 2 is 0.902 bits per heavy atom. The third-order valence-electron chi connectivity index (χ3n) is 6.73. The van der Waals surface area contributed by atoms with Crippen molar-refractivity contribution in [1.82, 2.24) is 0 Å². The van der Waals surface area contributed by atoms with Gasteiger partial charge in [0.05, 0.1) is 0 Å². The van der Waals surface area contributed by atoms with Gasteiger partial charge in [0.25, 0.3) is 0 Å². The molecule has 1 aliphatic carbocycles. The van der Waals surface area contributed by atoms with Gasteiger partial charge in [-0.25, -0.2) is 4.79 Å². The Balaban J connectivity index is 0.000000263. The van der Waals surface area contributed by atoms with E-state index in [1.54, 1.807) is 72.8 Å². The maximum atomic E-state index is 9.67. The van der Waals surface area contributed by atoms with Crippen LogP contribution in [0.1, 0.15) is 51.2 Å². The number of para-hydroxylation sites is 2. The van der Waals surface area contributed by atoms with Gasteiger partial charge in [0, 0.05) is 5.41 Å². The molecule has 218 valence electrons. The number of hydrogen-bond acceptors (Lipinski definition) is 5. The molecule has 7 nitrogen and oxygen atoms in total. The molecule has 4 aromatic carbocycles. The summed E-state index contributed by atoms with van der Waals surface area (Å²) in [5, 5.41) is 50.5. The van der Waals surface area contributed by atoms with Crippen molar-refractivity contribution in [2.24, 2.45) is 11.3 Å². The summed E-state index contributed by atoms with van der Waals surface area (Å²) in [6.45, 7) is 7.02. The van der Waals surface area contributed by atoms with E-state index in [9.17, 15) is 10.2 Å². The molecular formula is C34H40O7. The summed E-state index contributed by atoms with van der Waals surface area (Å²) in [4.78, 5) is 8.56. The van der Waals surface area contributed by atoms with E-state index in [2.05, 4.69) is 45.0 Å². The average molecular weight is 561 g/mol. The summed E-state index contributed by atoms with van der Waals surface area (Å²) in [6, 6.07) is 32.8. The number of benzene rings is 4. The van der Waals surface area contributed by atoms with Crippen LogP contribution in [0.3, 0.4) is 0 Å². The van der Waals surface area contributed by atoms with Crippen LogP contribution < -0.4 is 0 Å². The number of rotatable bonds is 2. The van der Waals surface area contributed by atoms with E-state index in [4.69, 9.17) is 25.2 Å². The summed E-state index contributed by atoms with van der Waals surface area (Å²) >= 11 is 0. The molecule has 4 aromatic rings. The van der Waals surface area contributed by atoms with E-state index < -0.39 is 6.16 Å². The van der Waals surface area contributed by atoms with Crippen molar-refractivity contribution >= 4 is 6.16 Å². The van der Waals surface area contributed by atoms with Gasteiger partial charge in [-0.1, -0.05) is 81.4 Å². The summed E-state index contributed by atoms with van der Waals surface area (Å²) in [6.07, 6.45) is 1.55. The molecule has 0 radical (unpaired) electrons. The normalized spacial score (nSPS) is 16.2. The highest BCUT2D eigenvalue weighted by Crippen LogP contribution is 2.53. The van der Waals surface area contributed by atoms with Crippen LogP contribution in [-0.4, -0.2) is 36.8 Å². The van der Waals surface area contributed by atoms with Crippen molar-refractivity contribution in [1.29, 1.82) is 0 Å². The quantitative estimate of drug-likeness (QED) is 0.145. The van der Waals surface area contributed by atoms with Crippen LogP contribution >= 0.6 is 0 Å². The lowest BCUT2D eigenvalue weighted by atomic mass is 9.55. The van der Waals surface area contributed by atoms with E-state index in [0.717, 1.165) is 12.8 Å². The fourth-order valence-corrected chi connectivity index (χ4v) is 5.60. The number of hydrogen-bond donors (Lipinski definition) is 6. The van der Waals surface area contributed by atoms with E-state index in [1.807, 2.05) is 12.1 Å². The van der Waals surface area contributed by atoms with Crippen molar-refractivity contribution in [3.05, 3.63) is 120 Å². The topological polar surface area (TPSA) is 138 Å². The molecule has 1 unspecified atom stereocenters. The predicted molar refractivity (Wildman–Crippen MR) is 161 cm³/mol. The third kappa shape index (κ3) is 11.2. The van der Waals surface area contributed by atoms with E-state index in [1.165, 1.54) is 17.5 Å². The molecule has 1 atom stereocenters. The molecule has 0 heterocycles. The van der Waals surface area contributed by atoms with Gasteiger partial charge in [-0.2, -0.15) is 0 Å². The maximum Gasteiger partial charge on any atom is 0.503 e. The summed E-state index contributed by atoms with van der Waals surface area (Å²) in [5.74, 6) is 1.88. The van der Waals surface area contributed by atoms with Crippen molar-refractivity contribution in [3.63, 3.8) is 0 Å². The van der Waals surface area contributed by atoms with Crippen LogP contribution in [0, 0.1) is 11.3 Å². The maximum absolute atomic E-state index is 9.67. The molecule has 0 aliphatic heterocycles. The van der Waals surface area contributed by atoms with Gasteiger partial charge in [0.2, 0.25) is 0 Å². The first-order chi connectivity index (χ1) is 19.3. The first kappa shape index (κ1) is 32.6. The Labute approximate surface area is 241 Å². The fourth-order valence-electron chi connectivity index (χ4n) is 5.60. The van der Waals surface area contributed by atoms with Crippen molar-refractivity contribution in [3.8, 4) is 23.0 Å². The second-order valence-electron chi connectivity index (χ2n) is 11.0. The minimum absolute atomic E-state index is 0.0669. The lowest BCUT2D eigenvalue weighted by molar-refractivity contribution is 0.127. The van der Waals surface area contributed by atoms with Gasteiger partial charge in [-0.3, -0.25) is 0 Å². The zero-order valence-corrected chi connectivity index (χ0v) is 23.7. The largest absolute Gasteiger partial charge is 0.508 e. The van der Waals surface area contributed by atoms with E-state index in [-0.39, 0.29) is 10.8 Å². The SMILES string of the molecule is CC1CC(C)(C)CC(c2ccc(O)cc2)(c2ccc(O)cc2)C1.O=C(O)O.Oc1ccccc1.Oc1ccccc1. The summed E-state index contributed by atoms with van der Waals surface area (Å²) < 4.78 is 0. The second kappa shape index (κ2) is 15.2. The lowest BCUT2D eigenvalue weighted by Crippen LogP contribution is -2.41. The number of carboxylic acid groups (broad SMARTS) is 2. The molecule has 0 bridgehead atoms. The molecule has 0 aromatic heterocycles. The van der Waals surface area contributed by atoms with Crippen LogP contribution in [0.25, 0.3) is 0 Å². The second-order valence-corrected chi connectivity index (χ2v) is 11.0. The van der Waals surface area contributed by atoms with Gasteiger partial charge < -0.3 is 30.6 Å². The zero-order chi connectivity index (χ0) is 30.5. The summed E-state index contributed by atoms with van der Waals surface area (Å²) in [7, 11) is 0. The van der Waals surface area contributed by atoms with E-state index >= 15 is 0 Å².